The van der Waals surface area contributed by atoms with E-state index in [4.69, 9.17) is 33.4 Å². The molecule has 0 unspecified atom stereocenters. The Morgan fingerprint density at radius 3 is 2.10 bits per heavy atom. The van der Waals surface area contributed by atoms with Crippen LogP contribution in [0.15, 0.2) is 26.2 Å². The molecule has 0 atom stereocenters. The van der Waals surface area contributed by atoms with Crippen molar-refractivity contribution in [3.05, 3.63) is 21.2 Å². The summed E-state index contributed by atoms with van der Waals surface area (Å²) in [7, 11) is 0. The number of aliphatic carboxylic acids is 2. The Labute approximate surface area is 124 Å². The predicted octanol–water partition coefficient (Wildman–Crippen LogP) is 1.97. The summed E-state index contributed by atoms with van der Waals surface area (Å²) >= 11 is 11.5. The molecule has 0 aromatic carbocycles. The number of halogens is 2. The maximum atomic E-state index is 11.7. The number of carbonyl (C=O) groups excluding carboxylic acids is 1. The highest BCUT2D eigenvalue weighted by molar-refractivity contribution is 6.63. The van der Waals surface area contributed by atoms with E-state index in [1.807, 2.05) is 6.92 Å². The Morgan fingerprint density at radius 1 is 1.10 bits per heavy atom. The van der Waals surface area contributed by atoms with Crippen LogP contribution in [0.2, 0.25) is 0 Å². The van der Waals surface area contributed by atoms with Gasteiger partial charge in [-0.05, 0) is 6.42 Å². The fourth-order valence-corrected chi connectivity index (χ4v) is 1.99. The molecule has 1 rings (SSSR count). The van der Waals surface area contributed by atoms with Crippen LogP contribution < -0.4 is 0 Å². The molecule has 0 saturated carbocycles. The predicted molar refractivity (Wildman–Crippen MR) is 73.2 cm³/mol. The van der Waals surface area contributed by atoms with Crippen LogP contribution in [0.5, 0.6) is 0 Å². The molecule has 0 fully saturated rings. The van der Waals surface area contributed by atoms with Gasteiger partial charge in [-0.3, -0.25) is 9.79 Å². The topological polar surface area (TPSA) is 104 Å². The van der Waals surface area contributed by atoms with Crippen LogP contribution in [0.1, 0.15) is 19.8 Å². The van der Waals surface area contributed by atoms with Gasteiger partial charge in [0.2, 0.25) is 5.78 Å². The van der Waals surface area contributed by atoms with Gasteiger partial charge in [-0.2, -0.15) is 0 Å². The Hall–Kier alpha value is -1.66. The molecular weight excluding hydrogens is 309 g/mol. The van der Waals surface area contributed by atoms with Crippen LogP contribution in [-0.4, -0.2) is 40.2 Å². The molecule has 6 nitrogen and oxygen atoms in total. The lowest BCUT2D eigenvalue weighted by molar-refractivity contribution is -0.137. The normalized spacial score (nSPS) is 17.9. The largest absolute Gasteiger partial charge is 0.478 e. The zero-order valence-corrected chi connectivity index (χ0v) is 12.0. The van der Waals surface area contributed by atoms with Gasteiger partial charge in [-0.15, -0.1) is 0 Å². The van der Waals surface area contributed by atoms with Gasteiger partial charge < -0.3 is 10.2 Å². The highest BCUT2D eigenvalue weighted by Crippen LogP contribution is 2.31. The van der Waals surface area contributed by atoms with E-state index in [1.54, 1.807) is 0 Å². The molecule has 1 aliphatic carbocycles. The van der Waals surface area contributed by atoms with Crippen LogP contribution >= 0.6 is 23.2 Å². The molecule has 2 N–H and O–H groups in total. The first-order valence-electron chi connectivity index (χ1n) is 5.68. The van der Waals surface area contributed by atoms with Crippen LogP contribution in [0.4, 0.5) is 0 Å². The van der Waals surface area contributed by atoms with E-state index in [2.05, 4.69) is 4.99 Å². The zero-order valence-electron chi connectivity index (χ0n) is 10.4. The number of Topliss-reactive ketones (excluding diaryl/α,β-unsaturated/α-hetero) is 1. The van der Waals surface area contributed by atoms with E-state index in [1.165, 1.54) is 0 Å². The second-order valence-corrected chi connectivity index (χ2v) is 4.66. The number of hydrogen-bond acceptors (Lipinski definition) is 4. The van der Waals surface area contributed by atoms with Gasteiger partial charge in [0.05, 0.1) is 10.7 Å². The third-order valence-corrected chi connectivity index (χ3v) is 3.35. The quantitative estimate of drug-likeness (QED) is 0.458. The first-order valence-corrected chi connectivity index (χ1v) is 6.44. The molecule has 0 saturated heterocycles. The molecule has 8 heteroatoms. The van der Waals surface area contributed by atoms with Crippen LogP contribution in [0.25, 0.3) is 0 Å². The van der Waals surface area contributed by atoms with Crippen molar-refractivity contribution in [1.82, 2.24) is 0 Å². The molecule has 0 amide bonds. The number of carbonyl (C=O) groups is 3. The first-order chi connectivity index (χ1) is 9.32. The lowest BCUT2D eigenvalue weighted by Gasteiger charge is -2.16. The van der Waals surface area contributed by atoms with E-state index in [0.29, 0.717) is 6.42 Å². The Bertz CT molecular complexity index is 574. The molecule has 20 heavy (non-hydrogen) atoms. The van der Waals surface area contributed by atoms with Crippen molar-refractivity contribution in [1.29, 1.82) is 0 Å². The summed E-state index contributed by atoms with van der Waals surface area (Å²) in [5, 5.41) is 17.3. The molecule has 0 aliphatic heterocycles. The first kappa shape index (κ1) is 16.4. The third kappa shape index (κ3) is 3.08. The number of aliphatic imine (C=N–C) groups is 1. The second-order valence-electron chi connectivity index (χ2n) is 3.90. The fourth-order valence-electron chi connectivity index (χ4n) is 1.56. The Morgan fingerprint density at radius 2 is 1.65 bits per heavy atom. The zero-order chi connectivity index (χ0) is 15.4. The number of nitrogens with zero attached hydrogens (tertiary/aromatic N) is 1. The van der Waals surface area contributed by atoms with E-state index >= 15 is 0 Å². The molecule has 0 aromatic heterocycles. The maximum absolute atomic E-state index is 11.7. The van der Waals surface area contributed by atoms with Crippen molar-refractivity contribution in [3.63, 3.8) is 0 Å². The molecule has 1 aliphatic rings. The van der Waals surface area contributed by atoms with Crippen molar-refractivity contribution in [2.45, 2.75) is 19.8 Å². The standard InChI is InChI=1S/C12H11Cl2NO5/c1-2-3-4-15-9-5(11(17)18)6(12(19)20)10(16)8(14)7(9)13/h2-4H2,1H3,(H,17,18)(H,19,20). The summed E-state index contributed by atoms with van der Waals surface area (Å²) in [5.41, 5.74) is -1.93. The summed E-state index contributed by atoms with van der Waals surface area (Å²) in [6.45, 7) is 2.16. The minimum atomic E-state index is -1.68. The molecule has 0 bridgehead atoms. The lowest BCUT2D eigenvalue weighted by Crippen LogP contribution is -2.29. The Balaban J connectivity index is 3.50. The van der Waals surface area contributed by atoms with Crippen molar-refractivity contribution in [3.8, 4) is 0 Å². The van der Waals surface area contributed by atoms with Gasteiger partial charge in [0.25, 0.3) is 0 Å². The number of hydrogen-bond donors (Lipinski definition) is 2. The van der Waals surface area contributed by atoms with Gasteiger partial charge in [-0.25, -0.2) is 9.59 Å². The monoisotopic (exact) mass is 319 g/mol. The minimum Gasteiger partial charge on any atom is -0.478 e. The molecule has 108 valence electrons. The molecule has 0 spiro atoms. The van der Waals surface area contributed by atoms with Gasteiger partial charge in [0.15, 0.2) is 0 Å². The SMILES string of the molecule is CCCCN=C1C(Cl)=C(Cl)C(=O)C(C(=O)O)=C1C(=O)O. The summed E-state index contributed by atoms with van der Waals surface area (Å²) in [6.07, 6.45) is 1.47. The van der Waals surface area contributed by atoms with E-state index < -0.39 is 33.9 Å². The average Bonchev–Trinajstić information content (AvgIpc) is 2.37. The average molecular weight is 320 g/mol. The number of carboxylic acid groups (broad SMARTS) is 2. The summed E-state index contributed by atoms with van der Waals surface area (Å²) in [4.78, 5) is 38.0. The summed E-state index contributed by atoms with van der Waals surface area (Å²) < 4.78 is 0. The molecule has 0 heterocycles. The van der Waals surface area contributed by atoms with Crippen LogP contribution in [-0.2, 0) is 14.4 Å². The fraction of sp³-hybridized carbons (Fsp3) is 0.333. The van der Waals surface area contributed by atoms with Gasteiger partial charge >= 0.3 is 11.9 Å². The molecule has 0 radical (unpaired) electrons. The second kappa shape index (κ2) is 6.67. The number of allylic oxidation sites excluding steroid dienone is 2. The smallest absolute Gasteiger partial charge is 0.340 e. The minimum absolute atomic E-state index is 0.254. The number of unbranched alkanes of at least 4 members (excludes halogenated alkanes) is 1. The number of ketones is 1. The van der Waals surface area contributed by atoms with E-state index in [-0.39, 0.29) is 17.3 Å². The van der Waals surface area contributed by atoms with E-state index in [9.17, 15) is 14.4 Å². The van der Waals surface area contributed by atoms with Crippen molar-refractivity contribution < 1.29 is 24.6 Å². The highest BCUT2D eigenvalue weighted by atomic mass is 35.5. The van der Waals surface area contributed by atoms with Crippen molar-refractivity contribution in [2.24, 2.45) is 4.99 Å². The summed E-state index contributed by atoms with van der Waals surface area (Å²) in [6, 6.07) is 0. The lowest BCUT2D eigenvalue weighted by atomic mass is 9.93. The maximum Gasteiger partial charge on any atom is 0.340 e. The van der Waals surface area contributed by atoms with Gasteiger partial charge in [0.1, 0.15) is 16.2 Å². The van der Waals surface area contributed by atoms with Crippen LogP contribution in [0.3, 0.4) is 0 Å². The molecular formula is C12H11Cl2NO5. The van der Waals surface area contributed by atoms with Crippen molar-refractivity contribution >= 4 is 46.6 Å². The number of rotatable bonds is 5. The molecule has 0 aromatic rings. The number of carboxylic acids is 2. The van der Waals surface area contributed by atoms with Gasteiger partial charge in [-0.1, -0.05) is 36.5 Å². The highest BCUT2D eigenvalue weighted by Gasteiger charge is 2.38. The Kier molecular flexibility index (Phi) is 5.47. The van der Waals surface area contributed by atoms with Crippen LogP contribution in [0, 0.1) is 0 Å². The van der Waals surface area contributed by atoms with Crippen molar-refractivity contribution in [2.75, 3.05) is 6.54 Å². The van der Waals surface area contributed by atoms with E-state index in [0.717, 1.165) is 6.42 Å². The van der Waals surface area contributed by atoms with Gasteiger partial charge in [0, 0.05) is 6.54 Å². The summed E-state index contributed by atoms with van der Waals surface area (Å²) in [5.74, 6) is -4.40. The third-order valence-electron chi connectivity index (χ3n) is 2.52.